The summed E-state index contributed by atoms with van der Waals surface area (Å²) in [6.45, 7) is 11.2. The molecule has 154 valence electrons. The Morgan fingerprint density at radius 3 is 2.47 bits per heavy atom. The van der Waals surface area contributed by atoms with Crippen molar-refractivity contribution in [2.24, 2.45) is 0 Å². The second-order valence-corrected chi connectivity index (χ2v) is 14.3. The molecule has 3 rings (SSSR count). The molecule has 5 heteroatoms. The molecule has 0 spiro atoms. The molecule has 0 unspecified atom stereocenters. The molecule has 2 aromatic carbocycles. The number of hydrogen-bond donors (Lipinski definition) is 0. The normalized spacial score (nSPS) is 14.1. The van der Waals surface area contributed by atoms with Gasteiger partial charge in [0.15, 0.2) is 0 Å². The van der Waals surface area contributed by atoms with Crippen molar-refractivity contribution in [3.63, 3.8) is 0 Å². The monoisotopic (exact) mass is 479 g/mol. The van der Waals surface area contributed by atoms with Gasteiger partial charge in [-0.1, -0.05) is 49.8 Å². The Labute approximate surface area is 188 Å². The summed E-state index contributed by atoms with van der Waals surface area (Å²) in [5.74, 6) is 3.19. The van der Waals surface area contributed by atoms with Crippen LogP contribution in [0.15, 0.2) is 42.0 Å². The molecule has 0 bridgehead atoms. The van der Waals surface area contributed by atoms with Crippen molar-refractivity contribution in [1.82, 2.24) is 0 Å². The van der Waals surface area contributed by atoms with E-state index in [1.807, 2.05) is 18.2 Å². The lowest BCUT2D eigenvalue weighted by Crippen LogP contribution is -2.30. The predicted octanol–water partition coefficient (Wildman–Crippen LogP) is 5.77. The highest BCUT2D eigenvalue weighted by atomic mass is 79.9. The Morgan fingerprint density at radius 2 is 1.83 bits per heavy atom. The lowest BCUT2D eigenvalue weighted by Gasteiger charge is -2.24. The summed E-state index contributed by atoms with van der Waals surface area (Å²) >= 11 is 3.56. The van der Waals surface area contributed by atoms with Gasteiger partial charge in [0, 0.05) is 21.2 Å². The van der Waals surface area contributed by atoms with Crippen LogP contribution in [0.2, 0.25) is 19.6 Å². The topological polar surface area (TPSA) is 37.4 Å². The number of aldehydes is 1. The third-order valence-electron chi connectivity index (χ3n) is 5.09. The van der Waals surface area contributed by atoms with Crippen LogP contribution >= 0.6 is 15.9 Å². The molecule has 0 fully saturated rings. The fourth-order valence-corrected chi connectivity index (χ4v) is 4.36. The number of fused-ring (bicyclic) bond motifs is 1. The maximum atomic E-state index is 13.2. The predicted molar refractivity (Wildman–Crippen MR) is 130 cm³/mol. The molecule has 0 atom stereocenters. The van der Waals surface area contributed by atoms with Crippen LogP contribution in [0.4, 0.5) is 5.69 Å². The summed E-state index contributed by atoms with van der Waals surface area (Å²) in [7, 11) is -1.53. The maximum Gasteiger partial charge on any atom is 0.231 e. The van der Waals surface area contributed by atoms with Crippen LogP contribution in [0, 0.1) is 25.3 Å². The number of carbonyl (C=O) groups excluding carboxylic acids is 2. The number of nitrogens with zero attached hydrogens (tertiary/aromatic N) is 1. The summed E-state index contributed by atoms with van der Waals surface area (Å²) in [4.78, 5) is 26.6. The third-order valence-corrected chi connectivity index (χ3v) is 6.90. The zero-order chi connectivity index (χ0) is 22.1. The Balaban J connectivity index is 2.13. The van der Waals surface area contributed by atoms with Crippen molar-refractivity contribution in [3.05, 3.63) is 69.8 Å². The van der Waals surface area contributed by atoms with Gasteiger partial charge in [-0.3, -0.25) is 9.59 Å². The molecule has 3 nitrogen and oxygen atoms in total. The molecule has 30 heavy (non-hydrogen) atoms. The fourth-order valence-electron chi connectivity index (χ4n) is 3.27. The summed E-state index contributed by atoms with van der Waals surface area (Å²) < 4.78 is 0.674. The number of rotatable bonds is 3. The maximum absolute atomic E-state index is 13.2. The number of halogens is 1. The first kappa shape index (κ1) is 22.3. The molecular weight excluding hydrogens is 454 g/mol. The fraction of sp³-hybridized carbons (Fsp3) is 0.280. The Kier molecular flexibility index (Phi) is 6.49. The molecule has 0 aromatic heterocycles. The van der Waals surface area contributed by atoms with Crippen molar-refractivity contribution in [2.75, 3.05) is 4.90 Å². The first-order valence-electron chi connectivity index (χ1n) is 9.97. The van der Waals surface area contributed by atoms with Crippen molar-refractivity contribution in [3.8, 4) is 11.5 Å². The van der Waals surface area contributed by atoms with E-state index in [4.69, 9.17) is 0 Å². The van der Waals surface area contributed by atoms with E-state index >= 15 is 0 Å². The summed E-state index contributed by atoms with van der Waals surface area (Å²) in [6.07, 6.45) is 0.837. The molecule has 0 radical (unpaired) electrons. The molecule has 1 aliphatic rings. The van der Waals surface area contributed by atoms with Gasteiger partial charge in [-0.15, -0.1) is 5.54 Å². The molecule has 1 amide bonds. The third kappa shape index (κ3) is 5.00. The number of anilines is 1. The lowest BCUT2D eigenvalue weighted by atomic mass is 10.0. The smallest absolute Gasteiger partial charge is 0.231 e. The van der Waals surface area contributed by atoms with Gasteiger partial charge in [0.05, 0.1) is 18.7 Å². The minimum atomic E-state index is -1.53. The largest absolute Gasteiger partial charge is 0.307 e. The highest BCUT2D eigenvalue weighted by Gasteiger charge is 2.27. The van der Waals surface area contributed by atoms with Crippen molar-refractivity contribution < 1.29 is 9.59 Å². The van der Waals surface area contributed by atoms with Crippen LogP contribution in [-0.2, 0) is 16.1 Å². The Morgan fingerprint density at radius 1 is 1.10 bits per heavy atom. The average Bonchev–Trinajstić information content (AvgIpc) is 2.78. The van der Waals surface area contributed by atoms with E-state index in [2.05, 4.69) is 79.1 Å². The van der Waals surface area contributed by atoms with Crippen LogP contribution in [0.25, 0.3) is 4.48 Å². The van der Waals surface area contributed by atoms with E-state index in [0.717, 1.165) is 28.7 Å². The van der Waals surface area contributed by atoms with Gasteiger partial charge in [0.25, 0.3) is 0 Å². The molecular formula is C25H26BrNO2Si. The van der Waals surface area contributed by atoms with Crippen molar-refractivity contribution >= 4 is 46.4 Å². The van der Waals surface area contributed by atoms with E-state index in [9.17, 15) is 9.59 Å². The average molecular weight is 480 g/mol. The highest BCUT2D eigenvalue weighted by Crippen LogP contribution is 2.38. The molecule has 0 saturated carbocycles. The lowest BCUT2D eigenvalue weighted by molar-refractivity contribution is -0.118. The van der Waals surface area contributed by atoms with Gasteiger partial charge in [0.2, 0.25) is 5.91 Å². The SMILES string of the molecule is Cc1ccc(CN2C(=O)CC(C=O)=C(Br)c3ccc(C#C[Si](C)(C)C)cc32)cc1C. The number of benzene rings is 2. The highest BCUT2D eigenvalue weighted by molar-refractivity contribution is 9.15. The summed E-state index contributed by atoms with van der Waals surface area (Å²) in [5.41, 5.74) is 9.82. The molecule has 1 aliphatic heterocycles. The summed E-state index contributed by atoms with van der Waals surface area (Å²) in [6, 6.07) is 12.1. The van der Waals surface area contributed by atoms with Crippen LogP contribution in [0.5, 0.6) is 0 Å². The Hall–Kier alpha value is -2.42. The zero-order valence-electron chi connectivity index (χ0n) is 18.1. The second kappa shape index (κ2) is 8.75. The zero-order valence-corrected chi connectivity index (χ0v) is 20.7. The van der Waals surface area contributed by atoms with Gasteiger partial charge in [0.1, 0.15) is 14.4 Å². The van der Waals surface area contributed by atoms with Crippen LogP contribution < -0.4 is 4.90 Å². The number of aryl methyl sites for hydroxylation is 2. The molecule has 1 heterocycles. The van der Waals surface area contributed by atoms with Crippen LogP contribution in [0.3, 0.4) is 0 Å². The van der Waals surface area contributed by atoms with Gasteiger partial charge in [-0.25, -0.2) is 0 Å². The van der Waals surface area contributed by atoms with E-state index in [1.54, 1.807) is 4.90 Å². The van der Waals surface area contributed by atoms with E-state index in [1.165, 1.54) is 11.1 Å². The summed E-state index contributed by atoms with van der Waals surface area (Å²) in [5, 5.41) is 0. The molecule has 2 aromatic rings. The van der Waals surface area contributed by atoms with Crippen molar-refractivity contribution in [2.45, 2.75) is 46.5 Å². The number of amides is 1. The van der Waals surface area contributed by atoms with Crippen molar-refractivity contribution in [1.29, 1.82) is 0 Å². The first-order chi connectivity index (χ1) is 14.1. The Bertz CT molecular complexity index is 1120. The molecule has 0 N–H and O–H groups in total. The minimum Gasteiger partial charge on any atom is -0.307 e. The van der Waals surface area contributed by atoms with Gasteiger partial charge in [-0.2, -0.15) is 0 Å². The van der Waals surface area contributed by atoms with E-state index in [-0.39, 0.29) is 12.3 Å². The minimum absolute atomic E-state index is 0.0690. The number of carbonyl (C=O) groups is 2. The van der Waals surface area contributed by atoms with Gasteiger partial charge < -0.3 is 4.90 Å². The van der Waals surface area contributed by atoms with E-state index < -0.39 is 8.07 Å². The quantitative estimate of drug-likeness (QED) is 0.318. The second-order valence-electron chi connectivity index (χ2n) is 8.76. The van der Waals surface area contributed by atoms with Gasteiger partial charge >= 0.3 is 0 Å². The van der Waals surface area contributed by atoms with Gasteiger partial charge in [-0.05, 0) is 58.6 Å². The number of hydrogen-bond acceptors (Lipinski definition) is 2. The van der Waals surface area contributed by atoms with E-state index in [0.29, 0.717) is 16.6 Å². The standard InChI is InChI=1S/C25H26BrNO2Si/c1-17-6-7-20(12-18(17)2)15-27-23-13-19(10-11-30(3,4)5)8-9-22(23)25(26)21(16-28)14-24(27)29/h6-9,12-13,16H,14-15H2,1-5H3. The first-order valence-corrected chi connectivity index (χ1v) is 14.3. The molecule has 0 saturated heterocycles. The van der Waals surface area contributed by atoms with Crippen LogP contribution in [0.1, 0.15) is 34.2 Å². The van der Waals surface area contributed by atoms with Crippen LogP contribution in [-0.4, -0.2) is 20.3 Å². The molecule has 0 aliphatic carbocycles.